The van der Waals surface area contributed by atoms with Gasteiger partial charge in [-0.25, -0.2) is 4.79 Å². The van der Waals surface area contributed by atoms with Crippen LogP contribution in [0.1, 0.15) is 12.5 Å². The molecule has 0 aliphatic heterocycles. The Labute approximate surface area is 88.1 Å². The van der Waals surface area contributed by atoms with Gasteiger partial charge in [0.2, 0.25) is 0 Å². The number of halogens is 1. The zero-order valence-corrected chi connectivity index (χ0v) is 8.84. The Morgan fingerprint density at radius 3 is 2.36 bits per heavy atom. The van der Waals surface area contributed by atoms with Crippen molar-refractivity contribution in [3.8, 4) is 0 Å². The summed E-state index contributed by atoms with van der Waals surface area (Å²) in [6, 6.07) is 9.46. The van der Waals surface area contributed by atoms with Crippen LogP contribution in [0.25, 0.3) is 5.57 Å². The number of hydrogen-bond donors (Lipinski definition) is 0. The molecule has 3 heteroatoms. The Morgan fingerprint density at radius 2 is 1.86 bits per heavy atom. The minimum Gasteiger partial charge on any atom is -0.465 e. The molecule has 0 radical (unpaired) electrons. The monoisotopic (exact) mass is 210 g/mol. The van der Waals surface area contributed by atoms with Crippen LogP contribution in [0, 0.1) is 0 Å². The van der Waals surface area contributed by atoms with E-state index in [0.717, 1.165) is 11.1 Å². The second-order valence-electron chi connectivity index (χ2n) is 2.80. The summed E-state index contributed by atoms with van der Waals surface area (Å²) in [5, 5.41) is 0.124. The van der Waals surface area contributed by atoms with Crippen LogP contribution in [-0.4, -0.2) is 13.1 Å². The van der Waals surface area contributed by atoms with Crippen molar-refractivity contribution < 1.29 is 9.53 Å². The molecule has 0 aliphatic rings. The highest BCUT2D eigenvalue weighted by Gasteiger charge is 2.10. The second kappa shape index (κ2) is 4.82. The molecule has 0 spiro atoms. The summed E-state index contributed by atoms with van der Waals surface area (Å²) in [5.74, 6) is -0.506. The van der Waals surface area contributed by atoms with Crippen molar-refractivity contribution >= 4 is 23.1 Å². The topological polar surface area (TPSA) is 26.3 Å². The fourth-order valence-corrected chi connectivity index (χ4v) is 1.24. The van der Waals surface area contributed by atoms with Gasteiger partial charge in [-0.1, -0.05) is 41.9 Å². The van der Waals surface area contributed by atoms with Gasteiger partial charge in [0.25, 0.3) is 0 Å². The van der Waals surface area contributed by atoms with Gasteiger partial charge < -0.3 is 4.74 Å². The molecule has 14 heavy (non-hydrogen) atoms. The quantitative estimate of drug-likeness (QED) is 0.554. The summed E-state index contributed by atoms with van der Waals surface area (Å²) in [5.41, 5.74) is 1.64. The first-order chi connectivity index (χ1) is 6.66. The number of methoxy groups -OCH3 is 1. The molecule has 1 aromatic carbocycles. The first-order valence-electron chi connectivity index (χ1n) is 4.17. The second-order valence-corrected chi connectivity index (χ2v) is 3.17. The molecule has 0 heterocycles. The van der Waals surface area contributed by atoms with Crippen LogP contribution in [0.5, 0.6) is 0 Å². The molecule has 0 saturated carbocycles. The number of hydrogen-bond acceptors (Lipinski definition) is 2. The summed E-state index contributed by atoms with van der Waals surface area (Å²) in [7, 11) is 1.31. The highest BCUT2D eigenvalue weighted by molar-refractivity contribution is 6.44. The van der Waals surface area contributed by atoms with Crippen molar-refractivity contribution in [2.75, 3.05) is 7.11 Å². The van der Waals surface area contributed by atoms with Gasteiger partial charge in [-0.2, -0.15) is 0 Å². The van der Waals surface area contributed by atoms with Crippen LogP contribution in [0.4, 0.5) is 0 Å². The number of carbonyl (C=O) groups excluding carboxylic acids is 1. The standard InChI is InChI=1S/C11H11ClO2/c1-8(10(12)11(13)14-2)9-6-4-3-5-7-9/h3-7H,1-2H3/b10-8-. The van der Waals surface area contributed by atoms with Gasteiger partial charge in [-0.05, 0) is 18.1 Å². The average molecular weight is 211 g/mol. The number of benzene rings is 1. The van der Waals surface area contributed by atoms with Crippen LogP contribution in [0.15, 0.2) is 35.4 Å². The molecule has 0 saturated heterocycles. The fraction of sp³-hybridized carbons (Fsp3) is 0.182. The Bertz CT molecular complexity index is 355. The molecule has 0 amide bonds. The lowest BCUT2D eigenvalue weighted by Gasteiger charge is -2.03. The Kier molecular flexibility index (Phi) is 3.72. The lowest BCUT2D eigenvalue weighted by atomic mass is 10.1. The van der Waals surface area contributed by atoms with Crippen LogP contribution >= 0.6 is 11.6 Å². The molecule has 0 N–H and O–H groups in total. The normalized spacial score (nSPS) is 11.9. The van der Waals surface area contributed by atoms with Crippen molar-refractivity contribution in [1.82, 2.24) is 0 Å². The zero-order valence-electron chi connectivity index (χ0n) is 8.08. The lowest BCUT2D eigenvalue weighted by Crippen LogP contribution is -2.01. The number of esters is 1. The molecule has 0 aliphatic carbocycles. The van der Waals surface area contributed by atoms with Crippen LogP contribution in [-0.2, 0) is 9.53 Å². The minimum atomic E-state index is -0.506. The summed E-state index contributed by atoms with van der Waals surface area (Å²) >= 11 is 5.82. The third kappa shape index (κ3) is 2.36. The maximum atomic E-state index is 11.1. The molecule has 0 aromatic heterocycles. The van der Waals surface area contributed by atoms with Gasteiger partial charge >= 0.3 is 5.97 Å². The molecule has 0 atom stereocenters. The Morgan fingerprint density at radius 1 is 1.29 bits per heavy atom. The first-order valence-corrected chi connectivity index (χ1v) is 4.54. The van der Waals surface area contributed by atoms with Crippen LogP contribution in [0.2, 0.25) is 0 Å². The summed E-state index contributed by atoms with van der Waals surface area (Å²) in [6.07, 6.45) is 0. The van der Waals surface area contributed by atoms with E-state index in [2.05, 4.69) is 4.74 Å². The largest absolute Gasteiger partial charge is 0.465 e. The van der Waals surface area contributed by atoms with Crippen molar-refractivity contribution in [2.24, 2.45) is 0 Å². The highest BCUT2D eigenvalue weighted by Crippen LogP contribution is 2.21. The van der Waals surface area contributed by atoms with Gasteiger partial charge in [-0.15, -0.1) is 0 Å². The van der Waals surface area contributed by atoms with Gasteiger partial charge in [-0.3, -0.25) is 0 Å². The SMILES string of the molecule is COC(=O)/C(Cl)=C(\C)c1ccccc1. The minimum absolute atomic E-state index is 0.124. The molecular weight excluding hydrogens is 200 g/mol. The predicted octanol–water partition coefficient (Wildman–Crippen LogP) is 2.83. The smallest absolute Gasteiger partial charge is 0.349 e. The number of rotatable bonds is 2. The average Bonchev–Trinajstić information content (AvgIpc) is 2.27. The molecule has 74 valence electrons. The van der Waals surface area contributed by atoms with E-state index in [0.29, 0.717) is 0 Å². The summed E-state index contributed by atoms with van der Waals surface area (Å²) in [6.45, 7) is 1.79. The van der Waals surface area contributed by atoms with E-state index in [9.17, 15) is 4.79 Å². The fourth-order valence-electron chi connectivity index (χ4n) is 1.06. The van der Waals surface area contributed by atoms with Gasteiger partial charge in [0, 0.05) is 0 Å². The van der Waals surface area contributed by atoms with Crippen molar-refractivity contribution in [3.63, 3.8) is 0 Å². The first kappa shape index (κ1) is 10.8. The highest BCUT2D eigenvalue weighted by atomic mass is 35.5. The Balaban J connectivity index is 3.05. The molecule has 1 rings (SSSR count). The van der Waals surface area contributed by atoms with Crippen molar-refractivity contribution in [2.45, 2.75) is 6.92 Å². The molecule has 2 nitrogen and oxygen atoms in total. The third-order valence-corrected chi connectivity index (χ3v) is 2.34. The predicted molar refractivity (Wildman–Crippen MR) is 56.9 cm³/mol. The van der Waals surface area contributed by atoms with Crippen LogP contribution in [0.3, 0.4) is 0 Å². The van der Waals surface area contributed by atoms with Gasteiger partial charge in [0.1, 0.15) is 5.03 Å². The van der Waals surface area contributed by atoms with E-state index in [4.69, 9.17) is 11.6 Å². The van der Waals surface area contributed by atoms with E-state index in [1.807, 2.05) is 30.3 Å². The van der Waals surface area contributed by atoms with Crippen molar-refractivity contribution in [1.29, 1.82) is 0 Å². The number of carbonyl (C=O) groups is 1. The molecule has 0 unspecified atom stereocenters. The summed E-state index contributed by atoms with van der Waals surface area (Å²) in [4.78, 5) is 11.1. The Hall–Kier alpha value is -1.28. The maximum absolute atomic E-state index is 11.1. The van der Waals surface area contributed by atoms with Gasteiger partial charge in [0.15, 0.2) is 0 Å². The number of ether oxygens (including phenoxy) is 1. The van der Waals surface area contributed by atoms with Crippen molar-refractivity contribution in [3.05, 3.63) is 40.9 Å². The van der Waals surface area contributed by atoms with E-state index in [1.54, 1.807) is 6.92 Å². The summed E-state index contributed by atoms with van der Waals surface area (Å²) < 4.78 is 4.53. The molecule has 0 fully saturated rings. The van der Waals surface area contributed by atoms with E-state index in [-0.39, 0.29) is 5.03 Å². The van der Waals surface area contributed by atoms with Gasteiger partial charge in [0.05, 0.1) is 7.11 Å². The zero-order chi connectivity index (χ0) is 10.6. The third-order valence-electron chi connectivity index (χ3n) is 1.90. The molecule has 0 bridgehead atoms. The van der Waals surface area contributed by atoms with E-state index >= 15 is 0 Å². The number of allylic oxidation sites excluding steroid dienone is 1. The lowest BCUT2D eigenvalue weighted by molar-refractivity contribution is -0.135. The maximum Gasteiger partial charge on any atom is 0.349 e. The van der Waals surface area contributed by atoms with E-state index in [1.165, 1.54) is 7.11 Å². The van der Waals surface area contributed by atoms with E-state index < -0.39 is 5.97 Å². The molecular formula is C11H11ClO2. The van der Waals surface area contributed by atoms with Crippen LogP contribution < -0.4 is 0 Å². The molecule has 1 aromatic rings.